The number of ether oxygens (including phenoxy) is 2. The van der Waals surface area contributed by atoms with E-state index in [1.807, 2.05) is 12.1 Å². The third-order valence-electron chi connectivity index (χ3n) is 3.77. The van der Waals surface area contributed by atoms with E-state index in [2.05, 4.69) is 21.7 Å². The summed E-state index contributed by atoms with van der Waals surface area (Å²) < 4.78 is 12.0. The average Bonchev–Trinajstić information content (AvgIpc) is 3.05. The number of carbonyl (C=O) groups excluding carboxylic acids is 1. The summed E-state index contributed by atoms with van der Waals surface area (Å²) in [5.74, 6) is 1.17. The molecule has 0 atom stereocenters. The maximum Gasteiger partial charge on any atom is 0.245 e. The van der Waals surface area contributed by atoms with Gasteiger partial charge in [-0.15, -0.1) is 0 Å². The quantitative estimate of drug-likeness (QED) is 0.737. The van der Waals surface area contributed by atoms with Crippen LogP contribution >= 0.6 is 11.3 Å². The lowest BCUT2D eigenvalue weighted by molar-refractivity contribution is -0.114. The molecule has 2 heterocycles. The zero-order valence-corrected chi connectivity index (χ0v) is 14.4. The number of amides is 1. The van der Waals surface area contributed by atoms with Crippen LogP contribution in [0.25, 0.3) is 10.2 Å². The maximum absolute atomic E-state index is 12.1. The van der Waals surface area contributed by atoms with Crippen LogP contribution in [0.4, 0.5) is 10.8 Å². The van der Waals surface area contributed by atoms with Crippen LogP contribution in [-0.2, 0) is 4.79 Å². The molecule has 0 fully saturated rings. The van der Waals surface area contributed by atoms with Crippen LogP contribution in [0.15, 0.2) is 36.4 Å². The van der Waals surface area contributed by atoms with Crippen molar-refractivity contribution in [1.82, 2.24) is 4.98 Å². The predicted octanol–water partition coefficient (Wildman–Crippen LogP) is 2.99. The lowest BCUT2D eigenvalue weighted by Crippen LogP contribution is -2.21. The van der Waals surface area contributed by atoms with Crippen LogP contribution in [0.1, 0.15) is 5.56 Å². The van der Waals surface area contributed by atoms with Crippen LogP contribution in [0.5, 0.6) is 11.5 Å². The van der Waals surface area contributed by atoms with Gasteiger partial charge < -0.3 is 20.1 Å². The number of nitrogens with one attached hydrogen (secondary N) is 2. The van der Waals surface area contributed by atoms with Crippen molar-refractivity contribution in [2.45, 2.75) is 0 Å². The van der Waals surface area contributed by atoms with Gasteiger partial charge in [0.1, 0.15) is 13.2 Å². The Bertz CT molecular complexity index is 965. The monoisotopic (exact) mass is 366 g/mol. The summed E-state index contributed by atoms with van der Waals surface area (Å²) in [7, 11) is 0. The summed E-state index contributed by atoms with van der Waals surface area (Å²) in [6.45, 7) is 1.15. The highest BCUT2D eigenvalue weighted by molar-refractivity contribution is 7.22. The fourth-order valence-electron chi connectivity index (χ4n) is 2.53. The molecular formula is C18H14N4O3S. The van der Waals surface area contributed by atoms with Crippen molar-refractivity contribution in [2.75, 3.05) is 30.4 Å². The van der Waals surface area contributed by atoms with E-state index in [-0.39, 0.29) is 12.5 Å². The Hall–Kier alpha value is -3.31. The van der Waals surface area contributed by atoms with Gasteiger partial charge in [0.2, 0.25) is 5.91 Å². The Labute approximate surface area is 153 Å². The molecule has 2 N–H and O–H groups in total. The van der Waals surface area contributed by atoms with Crippen molar-refractivity contribution in [1.29, 1.82) is 5.26 Å². The molecule has 0 spiro atoms. The third-order valence-corrected chi connectivity index (χ3v) is 4.70. The molecule has 0 bridgehead atoms. The molecule has 1 aromatic heterocycles. The standard InChI is InChI=1S/C18H14N4O3S/c19-9-11-1-3-12(4-2-11)20-10-17(23)22-18-21-13-7-14-15(8-16(13)26-18)25-6-5-24-14/h1-4,7-8,20H,5-6,10H2,(H,21,22,23). The Balaban J connectivity index is 1.41. The molecule has 0 radical (unpaired) electrons. The second kappa shape index (κ2) is 6.90. The van der Waals surface area contributed by atoms with Gasteiger partial charge in [0.25, 0.3) is 0 Å². The summed E-state index contributed by atoms with van der Waals surface area (Å²) in [5, 5.41) is 15.1. The first-order valence-corrected chi connectivity index (χ1v) is 8.77. The summed E-state index contributed by atoms with van der Waals surface area (Å²) in [4.78, 5) is 16.6. The smallest absolute Gasteiger partial charge is 0.245 e. The van der Waals surface area contributed by atoms with Crippen molar-refractivity contribution in [3.63, 3.8) is 0 Å². The highest BCUT2D eigenvalue weighted by Crippen LogP contribution is 2.37. The zero-order valence-electron chi connectivity index (χ0n) is 13.6. The predicted molar refractivity (Wildman–Crippen MR) is 98.9 cm³/mol. The van der Waals surface area contributed by atoms with Crippen molar-refractivity contribution in [2.24, 2.45) is 0 Å². The van der Waals surface area contributed by atoms with E-state index < -0.39 is 0 Å². The fraction of sp³-hybridized carbons (Fsp3) is 0.167. The lowest BCUT2D eigenvalue weighted by Gasteiger charge is -2.17. The van der Waals surface area contributed by atoms with Crippen LogP contribution in [0, 0.1) is 11.3 Å². The number of rotatable bonds is 4. The Morgan fingerprint density at radius 2 is 1.92 bits per heavy atom. The van der Waals surface area contributed by atoms with Crippen LogP contribution < -0.4 is 20.1 Å². The van der Waals surface area contributed by atoms with Crippen molar-refractivity contribution in [3.8, 4) is 17.6 Å². The summed E-state index contributed by atoms with van der Waals surface area (Å²) in [6, 6.07) is 12.7. The van der Waals surface area contributed by atoms with E-state index >= 15 is 0 Å². The number of hydrogen-bond donors (Lipinski definition) is 2. The van der Waals surface area contributed by atoms with E-state index in [0.29, 0.717) is 35.4 Å². The molecule has 26 heavy (non-hydrogen) atoms. The van der Waals surface area contributed by atoms with Gasteiger partial charge in [-0.1, -0.05) is 11.3 Å². The topological polar surface area (TPSA) is 96.3 Å². The average molecular weight is 366 g/mol. The van der Waals surface area contributed by atoms with Gasteiger partial charge in [-0.25, -0.2) is 4.98 Å². The molecule has 0 unspecified atom stereocenters. The molecule has 130 valence electrons. The number of fused-ring (bicyclic) bond motifs is 2. The Morgan fingerprint density at radius 1 is 1.19 bits per heavy atom. The highest BCUT2D eigenvalue weighted by atomic mass is 32.1. The Kier molecular flexibility index (Phi) is 4.29. The molecule has 0 aliphatic carbocycles. The van der Waals surface area contributed by atoms with Gasteiger partial charge in [-0.2, -0.15) is 5.26 Å². The molecule has 0 saturated carbocycles. The molecule has 1 amide bonds. The number of hydrogen-bond acceptors (Lipinski definition) is 7. The summed E-state index contributed by atoms with van der Waals surface area (Å²) >= 11 is 1.38. The Morgan fingerprint density at radius 3 is 2.65 bits per heavy atom. The molecular weight excluding hydrogens is 352 g/mol. The molecule has 4 rings (SSSR count). The van der Waals surface area contributed by atoms with Crippen molar-refractivity contribution in [3.05, 3.63) is 42.0 Å². The van der Waals surface area contributed by atoms with E-state index in [1.54, 1.807) is 24.3 Å². The molecule has 1 aliphatic heterocycles. The van der Waals surface area contributed by atoms with Gasteiger partial charge in [-0.05, 0) is 24.3 Å². The van der Waals surface area contributed by atoms with Crippen LogP contribution in [-0.4, -0.2) is 30.6 Å². The minimum absolute atomic E-state index is 0.102. The minimum Gasteiger partial charge on any atom is -0.486 e. The van der Waals surface area contributed by atoms with Gasteiger partial charge in [-0.3, -0.25) is 4.79 Å². The van der Waals surface area contributed by atoms with Crippen LogP contribution in [0.2, 0.25) is 0 Å². The molecule has 7 nitrogen and oxygen atoms in total. The van der Waals surface area contributed by atoms with Crippen LogP contribution in [0.3, 0.4) is 0 Å². The number of nitrogens with zero attached hydrogens (tertiary/aromatic N) is 2. The van der Waals surface area contributed by atoms with E-state index in [1.165, 1.54) is 11.3 Å². The number of anilines is 2. The normalized spacial score (nSPS) is 12.4. The fourth-order valence-corrected chi connectivity index (χ4v) is 3.42. The largest absolute Gasteiger partial charge is 0.486 e. The molecule has 3 aromatic rings. The highest BCUT2D eigenvalue weighted by Gasteiger charge is 2.16. The van der Waals surface area contributed by atoms with Crippen molar-refractivity contribution < 1.29 is 14.3 Å². The second-order valence-electron chi connectivity index (χ2n) is 5.57. The maximum atomic E-state index is 12.1. The SMILES string of the molecule is N#Cc1ccc(NCC(=O)Nc2nc3cc4c(cc3s2)OCCO4)cc1. The second-order valence-corrected chi connectivity index (χ2v) is 6.60. The van der Waals surface area contributed by atoms with Gasteiger partial charge in [0.05, 0.1) is 28.4 Å². The molecule has 8 heteroatoms. The third kappa shape index (κ3) is 3.38. The number of thiazole rings is 1. The zero-order chi connectivity index (χ0) is 17.9. The first-order chi connectivity index (χ1) is 12.7. The number of aromatic nitrogens is 1. The van der Waals surface area contributed by atoms with E-state index in [9.17, 15) is 4.79 Å². The van der Waals surface area contributed by atoms with Gasteiger partial charge >= 0.3 is 0 Å². The number of nitriles is 1. The summed E-state index contributed by atoms with van der Waals surface area (Å²) in [6.07, 6.45) is 0. The van der Waals surface area contributed by atoms with E-state index in [4.69, 9.17) is 14.7 Å². The first-order valence-electron chi connectivity index (χ1n) is 7.95. The molecule has 0 saturated heterocycles. The summed E-state index contributed by atoms with van der Waals surface area (Å²) in [5.41, 5.74) is 2.10. The van der Waals surface area contributed by atoms with E-state index in [0.717, 1.165) is 15.9 Å². The molecule has 1 aliphatic rings. The number of carbonyl (C=O) groups is 1. The number of benzene rings is 2. The van der Waals surface area contributed by atoms with Gasteiger partial charge in [0.15, 0.2) is 16.6 Å². The lowest BCUT2D eigenvalue weighted by atomic mass is 10.2. The minimum atomic E-state index is -0.203. The first kappa shape index (κ1) is 16.2. The van der Waals surface area contributed by atoms with Gasteiger partial charge in [0, 0.05) is 17.8 Å². The van der Waals surface area contributed by atoms with Crippen molar-refractivity contribution >= 4 is 38.3 Å². The molecule has 2 aromatic carbocycles.